The molecule has 0 saturated carbocycles. The van der Waals surface area contributed by atoms with E-state index in [2.05, 4.69) is 0 Å². The molecule has 0 atom stereocenters. The minimum Gasteiger partial charge on any atom is -0.454 e. The fraction of sp³-hybridized carbons (Fsp3) is 0.136. The van der Waals surface area contributed by atoms with Crippen LogP contribution in [0.2, 0.25) is 0 Å². The van der Waals surface area contributed by atoms with Gasteiger partial charge in [0.15, 0.2) is 27.1 Å². The molecule has 0 aliphatic carbocycles. The van der Waals surface area contributed by atoms with Gasteiger partial charge in [-0.3, -0.25) is 4.79 Å². The van der Waals surface area contributed by atoms with Crippen molar-refractivity contribution in [2.45, 2.75) is 11.8 Å². The highest BCUT2D eigenvalue weighted by Gasteiger charge is 2.24. The summed E-state index contributed by atoms with van der Waals surface area (Å²) in [5.74, 6) is -0.241. The number of ketones is 1. The van der Waals surface area contributed by atoms with E-state index in [0.29, 0.717) is 22.6 Å². The van der Waals surface area contributed by atoms with Crippen LogP contribution in [0.5, 0.6) is 11.5 Å². The third-order valence-corrected chi connectivity index (χ3v) is 5.85. The van der Waals surface area contributed by atoms with Gasteiger partial charge < -0.3 is 9.47 Å². The van der Waals surface area contributed by atoms with Crippen molar-refractivity contribution >= 4 is 15.6 Å². The summed E-state index contributed by atoms with van der Waals surface area (Å²) in [5, 5.41) is 0. The molecule has 0 bridgehead atoms. The zero-order chi connectivity index (χ0) is 20.8. The topological polar surface area (TPSA) is 69.7 Å². The molecule has 1 aliphatic rings. The summed E-state index contributed by atoms with van der Waals surface area (Å²) in [7, 11) is -3.35. The van der Waals surface area contributed by atoms with E-state index < -0.39 is 21.4 Å². The van der Waals surface area contributed by atoms with E-state index in [1.54, 1.807) is 31.2 Å². The zero-order valence-corrected chi connectivity index (χ0v) is 16.5. The summed E-state index contributed by atoms with van der Waals surface area (Å²) in [6.07, 6.45) is 1.12. The molecule has 0 unspecified atom stereocenters. The van der Waals surface area contributed by atoms with Gasteiger partial charge >= 0.3 is 0 Å². The van der Waals surface area contributed by atoms with E-state index in [1.165, 1.54) is 30.3 Å². The second-order valence-electron chi connectivity index (χ2n) is 6.86. The van der Waals surface area contributed by atoms with Crippen molar-refractivity contribution in [1.29, 1.82) is 0 Å². The van der Waals surface area contributed by atoms with Crippen LogP contribution < -0.4 is 9.47 Å². The lowest BCUT2D eigenvalue weighted by Gasteiger charge is -2.12. The molecule has 4 rings (SSSR count). The second kappa shape index (κ2) is 7.00. The maximum absolute atomic E-state index is 14.4. The Morgan fingerprint density at radius 3 is 2.24 bits per heavy atom. The number of rotatable bonds is 4. The molecule has 1 heterocycles. The van der Waals surface area contributed by atoms with E-state index in [1.807, 2.05) is 0 Å². The van der Waals surface area contributed by atoms with E-state index in [0.717, 1.165) is 11.8 Å². The molecular weight excluding hydrogens is 395 g/mol. The molecule has 0 radical (unpaired) electrons. The summed E-state index contributed by atoms with van der Waals surface area (Å²) < 4.78 is 48.6. The van der Waals surface area contributed by atoms with Gasteiger partial charge in [-0.1, -0.05) is 23.8 Å². The second-order valence-corrected chi connectivity index (χ2v) is 8.88. The molecule has 1 aliphatic heterocycles. The molecule has 0 fully saturated rings. The van der Waals surface area contributed by atoms with Gasteiger partial charge in [0, 0.05) is 11.8 Å². The minimum absolute atomic E-state index is 0.0260. The Bertz CT molecular complexity index is 1230. The Kier molecular flexibility index (Phi) is 4.62. The molecule has 0 saturated heterocycles. The largest absolute Gasteiger partial charge is 0.454 e. The smallest absolute Gasteiger partial charge is 0.231 e. The minimum atomic E-state index is -3.35. The van der Waals surface area contributed by atoms with Crippen LogP contribution in [0.4, 0.5) is 4.39 Å². The molecule has 0 aromatic heterocycles. The highest BCUT2D eigenvalue weighted by molar-refractivity contribution is 7.90. The van der Waals surface area contributed by atoms with Crippen LogP contribution in [0, 0.1) is 12.7 Å². The lowest BCUT2D eigenvalue weighted by atomic mass is 9.92. The van der Waals surface area contributed by atoms with E-state index >= 15 is 0 Å². The normalized spacial score (nSPS) is 12.8. The van der Waals surface area contributed by atoms with E-state index in [-0.39, 0.29) is 22.8 Å². The molecule has 3 aromatic carbocycles. The number of ether oxygens (including phenoxy) is 2. The number of carbonyl (C=O) groups is 1. The number of carbonyl (C=O) groups excluding carboxylic acids is 1. The monoisotopic (exact) mass is 412 g/mol. The van der Waals surface area contributed by atoms with Crippen LogP contribution in [0.25, 0.3) is 11.1 Å². The lowest BCUT2D eigenvalue weighted by molar-refractivity contribution is 0.103. The Morgan fingerprint density at radius 1 is 0.931 bits per heavy atom. The average molecular weight is 412 g/mol. The van der Waals surface area contributed by atoms with Gasteiger partial charge in [-0.05, 0) is 54.4 Å². The number of halogens is 1. The van der Waals surface area contributed by atoms with Crippen molar-refractivity contribution in [2.24, 2.45) is 0 Å². The van der Waals surface area contributed by atoms with Crippen molar-refractivity contribution in [3.05, 3.63) is 77.1 Å². The fourth-order valence-electron chi connectivity index (χ4n) is 3.21. The van der Waals surface area contributed by atoms with Gasteiger partial charge in [0.1, 0.15) is 5.82 Å². The third-order valence-electron chi connectivity index (χ3n) is 4.72. The number of sulfone groups is 1. The van der Waals surface area contributed by atoms with Crippen molar-refractivity contribution in [3.8, 4) is 22.6 Å². The highest BCUT2D eigenvalue weighted by atomic mass is 32.2. The first kappa shape index (κ1) is 19.1. The number of aryl methyl sites for hydroxylation is 1. The van der Waals surface area contributed by atoms with E-state index in [9.17, 15) is 17.6 Å². The third kappa shape index (κ3) is 3.61. The fourth-order valence-corrected chi connectivity index (χ4v) is 3.84. The van der Waals surface area contributed by atoms with E-state index in [4.69, 9.17) is 9.47 Å². The first-order valence-corrected chi connectivity index (χ1v) is 10.7. The summed E-state index contributed by atoms with van der Waals surface area (Å²) >= 11 is 0. The summed E-state index contributed by atoms with van der Waals surface area (Å²) in [6.45, 7) is 1.80. The quantitative estimate of drug-likeness (QED) is 0.602. The average Bonchev–Trinajstić information content (AvgIpc) is 3.15. The molecule has 148 valence electrons. The molecule has 0 amide bonds. The van der Waals surface area contributed by atoms with Crippen molar-refractivity contribution < 1.29 is 27.1 Å². The highest BCUT2D eigenvalue weighted by Crippen LogP contribution is 2.40. The van der Waals surface area contributed by atoms with Crippen LogP contribution in [-0.2, 0) is 9.84 Å². The first-order chi connectivity index (χ1) is 13.7. The Morgan fingerprint density at radius 2 is 1.59 bits per heavy atom. The summed E-state index contributed by atoms with van der Waals surface area (Å²) in [6, 6.07) is 13.7. The molecule has 3 aromatic rings. The predicted octanol–water partition coefficient (Wildman–Crippen LogP) is 4.16. The van der Waals surface area contributed by atoms with Gasteiger partial charge in [0.05, 0.1) is 10.5 Å². The maximum Gasteiger partial charge on any atom is 0.231 e. The maximum atomic E-state index is 14.4. The van der Waals surface area contributed by atoms with Crippen LogP contribution in [0.3, 0.4) is 0 Å². The molecule has 29 heavy (non-hydrogen) atoms. The molecule has 0 N–H and O–H groups in total. The van der Waals surface area contributed by atoms with Crippen molar-refractivity contribution in [1.82, 2.24) is 0 Å². The van der Waals surface area contributed by atoms with Crippen molar-refractivity contribution in [3.63, 3.8) is 0 Å². The standard InChI is InChI=1S/C22H17FO5S/c1-13-3-8-19(23)18(9-13)22(24)17-11-21-20(27-12-28-21)10-16(17)14-4-6-15(7-5-14)29(2,25)26/h3-11H,12H2,1-2H3. The predicted molar refractivity (Wildman–Crippen MR) is 106 cm³/mol. The summed E-state index contributed by atoms with van der Waals surface area (Å²) in [4.78, 5) is 13.4. The Balaban J connectivity index is 1.88. The van der Waals surface area contributed by atoms with Gasteiger partial charge in [-0.25, -0.2) is 12.8 Å². The van der Waals surface area contributed by atoms with Gasteiger partial charge in [-0.15, -0.1) is 0 Å². The Labute approximate surface area is 167 Å². The van der Waals surface area contributed by atoms with Gasteiger partial charge in [0.25, 0.3) is 0 Å². The number of benzene rings is 3. The SMILES string of the molecule is Cc1ccc(F)c(C(=O)c2cc3c(cc2-c2ccc(S(C)(=O)=O)cc2)OCO3)c1. The number of hydrogen-bond acceptors (Lipinski definition) is 5. The first-order valence-electron chi connectivity index (χ1n) is 8.79. The molecule has 0 spiro atoms. The zero-order valence-electron chi connectivity index (χ0n) is 15.7. The van der Waals surface area contributed by atoms with Crippen molar-refractivity contribution in [2.75, 3.05) is 13.0 Å². The van der Waals surface area contributed by atoms with Crippen LogP contribution in [0.1, 0.15) is 21.5 Å². The van der Waals surface area contributed by atoms with Gasteiger partial charge in [0.2, 0.25) is 6.79 Å². The Hall–Kier alpha value is -3.19. The summed E-state index contributed by atoms with van der Waals surface area (Å²) in [5.41, 5.74) is 2.06. The molecular formula is C22H17FO5S. The number of hydrogen-bond donors (Lipinski definition) is 0. The van der Waals surface area contributed by atoms with Crippen LogP contribution >= 0.6 is 0 Å². The number of fused-ring (bicyclic) bond motifs is 1. The lowest BCUT2D eigenvalue weighted by Crippen LogP contribution is -2.07. The van der Waals surface area contributed by atoms with Crippen LogP contribution in [0.15, 0.2) is 59.5 Å². The van der Waals surface area contributed by atoms with Gasteiger partial charge in [-0.2, -0.15) is 0 Å². The molecule has 5 nitrogen and oxygen atoms in total. The molecule has 7 heteroatoms. The van der Waals surface area contributed by atoms with Crippen LogP contribution in [-0.4, -0.2) is 27.2 Å².